The van der Waals surface area contributed by atoms with Gasteiger partial charge in [-0.3, -0.25) is 9.59 Å². The smallest absolute Gasteiger partial charge is 0.220 e. The average Bonchev–Trinajstić information content (AvgIpc) is 1.94. The number of carbonyl (C=O) groups excluding carboxylic acids is 2. The zero-order chi connectivity index (χ0) is 68.9. The van der Waals surface area contributed by atoms with E-state index in [4.69, 9.17) is 0 Å². The van der Waals surface area contributed by atoms with Gasteiger partial charge in [0.05, 0.1) is 37.5 Å². The first-order valence-corrected chi connectivity index (χ1v) is 42.7. The Morgan fingerprint density at radius 1 is 0.223 bits per heavy atom. The van der Waals surface area contributed by atoms with Gasteiger partial charge < -0.3 is 41.3 Å². The first-order chi connectivity index (χ1) is 46.1. The Balaban J connectivity index is 0. The van der Waals surface area contributed by atoms with E-state index in [1.807, 2.05) is 0 Å². The van der Waals surface area contributed by atoms with Gasteiger partial charge in [-0.15, -0.1) is 0 Å². The first kappa shape index (κ1) is 94.8. The number of aliphatic hydroxyl groups is 6. The van der Waals surface area contributed by atoms with E-state index in [9.17, 15) is 40.2 Å². The van der Waals surface area contributed by atoms with Crippen molar-refractivity contribution in [1.29, 1.82) is 0 Å². The Hall–Kier alpha value is -1.30. The standard InChI is InChI=1S/2C42H85NO4/c2*1-3-5-7-9-11-13-15-17-18-19-20-21-22-23-24-25-27-29-31-33-35-37-41(46)43-39(38-44)42(47)40(45)36-34-32-30-28-26-16-14-12-10-8-6-4-2/h2*39-40,42,44-45,47H,3-38H2,1-2H3,(H,43,46)/t2*39-,40+,42-/m00/s1. The average molecular weight is 1340 g/mol. The molecule has 2 amide bonds. The minimum Gasteiger partial charge on any atom is -0.394 e. The molecule has 0 saturated carbocycles. The van der Waals surface area contributed by atoms with Crippen molar-refractivity contribution >= 4 is 11.8 Å². The molecule has 0 aromatic heterocycles. The van der Waals surface area contributed by atoms with Gasteiger partial charge in [0, 0.05) is 12.8 Å². The SMILES string of the molecule is CCCCCCCCCCCCCCCCCCCCCCCC(=O)N[C@@H](CO)[C@H](O)[C@H](O)CCCCCCCCCCCCCC.CCCCCCCCCCCCCCCCCCCCCCCC(=O)N[C@@H](CO)[C@H](O)[C@H](O)CCCCCCCCCCCCCC. The fourth-order valence-corrected chi connectivity index (χ4v) is 13.7. The van der Waals surface area contributed by atoms with E-state index in [1.54, 1.807) is 0 Å². The lowest BCUT2D eigenvalue weighted by Gasteiger charge is -2.26. The molecule has 0 aromatic rings. The van der Waals surface area contributed by atoms with E-state index >= 15 is 0 Å². The molecule has 0 bridgehead atoms. The van der Waals surface area contributed by atoms with Crippen LogP contribution in [0.3, 0.4) is 0 Å². The molecule has 0 saturated heterocycles. The molecule has 0 fully saturated rings. The van der Waals surface area contributed by atoms with Gasteiger partial charge in [-0.1, -0.05) is 439 Å². The van der Waals surface area contributed by atoms with Crippen LogP contribution >= 0.6 is 0 Å². The molecule has 564 valence electrons. The minimum absolute atomic E-state index is 0.140. The van der Waals surface area contributed by atoms with Gasteiger partial charge in [0.2, 0.25) is 11.8 Å². The number of hydrogen-bond acceptors (Lipinski definition) is 8. The second-order valence-electron chi connectivity index (χ2n) is 29.8. The van der Waals surface area contributed by atoms with Crippen LogP contribution in [0.15, 0.2) is 0 Å². The van der Waals surface area contributed by atoms with E-state index in [2.05, 4.69) is 38.3 Å². The van der Waals surface area contributed by atoms with Crippen LogP contribution in [0.4, 0.5) is 0 Å². The van der Waals surface area contributed by atoms with Crippen LogP contribution in [-0.2, 0) is 9.59 Å². The topological polar surface area (TPSA) is 180 Å². The molecule has 0 aliphatic heterocycles. The lowest BCUT2D eigenvalue weighted by Crippen LogP contribution is -2.50. The maximum Gasteiger partial charge on any atom is 0.220 e. The van der Waals surface area contributed by atoms with Crippen LogP contribution in [0.25, 0.3) is 0 Å². The van der Waals surface area contributed by atoms with Gasteiger partial charge in [0.1, 0.15) is 12.2 Å². The molecule has 0 rings (SSSR count). The van der Waals surface area contributed by atoms with Crippen LogP contribution < -0.4 is 10.6 Å². The van der Waals surface area contributed by atoms with Crippen LogP contribution in [0.1, 0.15) is 477 Å². The Bertz CT molecular complexity index is 1330. The first-order valence-electron chi connectivity index (χ1n) is 42.7. The fraction of sp³-hybridized carbons (Fsp3) is 0.976. The highest BCUT2D eigenvalue weighted by Crippen LogP contribution is 2.21. The summed E-state index contributed by atoms with van der Waals surface area (Å²) in [5, 5.41) is 66.9. The van der Waals surface area contributed by atoms with Crippen LogP contribution in [-0.4, -0.2) is 92.2 Å². The molecule has 0 aromatic carbocycles. The maximum atomic E-state index is 12.4. The molecule has 10 nitrogen and oxygen atoms in total. The Morgan fingerprint density at radius 3 is 0.511 bits per heavy atom. The number of rotatable bonds is 78. The summed E-state index contributed by atoms with van der Waals surface area (Å²) in [6, 6.07) is -1.60. The summed E-state index contributed by atoms with van der Waals surface area (Å²) in [4.78, 5) is 24.8. The van der Waals surface area contributed by atoms with Crippen LogP contribution in [0.2, 0.25) is 0 Å². The van der Waals surface area contributed by atoms with Crippen molar-refractivity contribution in [2.24, 2.45) is 0 Å². The van der Waals surface area contributed by atoms with Crippen molar-refractivity contribution in [3.8, 4) is 0 Å². The van der Waals surface area contributed by atoms with Crippen LogP contribution in [0.5, 0.6) is 0 Å². The Labute approximate surface area is 586 Å². The second-order valence-corrected chi connectivity index (χ2v) is 29.8. The third-order valence-corrected chi connectivity index (χ3v) is 20.4. The predicted molar refractivity (Wildman–Crippen MR) is 408 cm³/mol. The highest BCUT2D eigenvalue weighted by atomic mass is 16.3. The third-order valence-electron chi connectivity index (χ3n) is 20.4. The summed E-state index contributed by atoms with van der Waals surface area (Å²) in [6.07, 6.45) is 84.2. The van der Waals surface area contributed by atoms with Crippen molar-refractivity contribution in [2.45, 2.75) is 514 Å². The van der Waals surface area contributed by atoms with Gasteiger partial charge in [-0.25, -0.2) is 0 Å². The van der Waals surface area contributed by atoms with Gasteiger partial charge in [0.25, 0.3) is 0 Å². The predicted octanol–water partition coefficient (Wildman–Crippen LogP) is 23.8. The monoisotopic (exact) mass is 1340 g/mol. The minimum atomic E-state index is -1.13. The summed E-state index contributed by atoms with van der Waals surface area (Å²) in [6.45, 7) is 8.37. The van der Waals surface area contributed by atoms with E-state index in [0.29, 0.717) is 25.7 Å². The van der Waals surface area contributed by atoms with E-state index in [-0.39, 0.29) is 25.0 Å². The molecular formula is C84H170N2O8. The van der Waals surface area contributed by atoms with Crippen LogP contribution in [0, 0.1) is 0 Å². The zero-order valence-electron chi connectivity index (χ0n) is 63.9. The zero-order valence-corrected chi connectivity index (χ0v) is 63.9. The summed E-state index contributed by atoms with van der Waals surface area (Å²) in [5.74, 6) is -0.281. The highest BCUT2D eigenvalue weighted by molar-refractivity contribution is 5.76. The molecular weight excluding hydrogens is 1160 g/mol. The van der Waals surface area contributed by atoms with Crippen molar-refractivity contribution in [2.75, 3.05) is 13.2 Å². The van der Waals surface area contributed by atoms with Gasteiger partial charge in [-0.2, -0.15) is 0 Å². The highest BCUT2D eigenvalue weighted by Gasteiger charge is 2.28. The maximum absolute atomic E-state index is 12.4. The van der Waals surface area contributed by atoms with Crippen molar-refractivity contribution < 1.29 is 40.2 Å². The van der Waals surface area contributed by atoms with Gasteiger partial charge in [0.15, 0.2) is 0 Å². The van der Waals surface area contributed by atoms with E-state index in [0.717, 1.165) is 64.2 Å². The second kappa shape index (κ2) is 80.7. The van der Waals surface area contributed by atoms with Gasteiger partial charge >= 0.3 is 0 Å². The number of carbonyl (C=O) groups is 2. The molecule has 10 heteroatoms. The number of amides is 2. The Kier molecular flexibility index (Phi) is 81.3. The van der Waals surface area contributed by atoms with E-state index in [1.165, 1.54) is 360 Å². The lowest BCUT2D eigenvalue weighted by atomic mass is 9.99. The fourth-order valence-electron chi connectivity index (χ4n) is 13.7. The largest absolute Gasteiger partial charge is 0.394 e. The molecule has 8 N–H and O–H groups in total. The number of nitrogens with one attached hydrogen (secondary N) is 2. The molecule has 6 atom stereocenters. The summed E-state index contributed by atoms with van der Waals surface area (Å²) < 4.78 is 0. The number of aliphatic hydroxyl groups excluding tert-OH is 6. The molecule has 0 unspecified atom stereocenters. The third kappa shape index (κ3) is 72.0. The molecule has 0 radical (unpaired) electrons. The number of unbranched alkanes of at least 4 members (excludes halogenated alkanes) is 62. The van der Waals surface area contributed by atoms with Crippen molar-refractivity contribution in [1.82, 2.24) is 10.6 Å². The molecule has 0 aliphatic carbocycles. The molecule has 0 spiro atoms. The Morgan fingerprint density at radius 2 is 0.362 bits per heavy atom. The number of hydrogen-bond donors (Lipinski definition) is 8. The quantitative estimate of drug-likeness (QED) is 0.0277. The summed E-state index contributed by atoms with van der Waals surface area (Å²) >= 11 is 0. The molecule has 0 aliphatic rings. The van der Waals surface area contributed by atoms with E-state index < -0.39 is 36.5 Å². The van der Waals surface area contributed by atoms with Crippen molar-refractivity contribution in [3.63, 3.8) is 0 Å². The summed E-state index contributed by atoms with van der Waals surface area (Å²) in [7, 11) is 0. The normalized spacial score (nSPS) is 13.6. The molecule has 0 heterocycles. The lowest BCUT2D eigenvalue weighted by molar-refractivity contribution is -0.125. The van der Waals surface area contributed by atoms with Gasteiger partial charge in [-0.05, 0) is 25.7 Å². The molecule has 94 heavy (non-hydrogen) atoms. The van der Waals surface area contributed by atoms with Crippen molar-refractivity contribution in [3.05, 3.63) is 0 Å². The summed E-state index contributed by atoms with van der Waals surface area (Å²) in [5.41, 5.74) is 0.